The minimum atomic E-state index is 0.286. The van der Waals surface area contributed by atoms with Crippen LogP contribution in [0.4, 0.5) is 0 Å². The minimum Gasteiger partial charge on any atom is -0.0625 e. The van der Waals surface area contributed by atoms with Crippen molar-refractivity contribution >= 4 is 0 Å². The summed E-state index contributed by atoms with van der Waals surface area (Å²) in [6.45, 7) is 21.6. The molecule has 0 aromatic heterocycles. The molecule has 0 nitrogen and oxygen atoms in total. The smallest absolute Gasteiger partial charge is 0.00646 e. The Kier molecular flexibility index (Phi) is 5.13. The molecule has 0 N–H and O–H groups in total. The van der Waals surface area contributed by atoms with Gasteiger partial charge < -0.3 is 0 Å². The van der Waals surface area contributed by atoms with Gasteiger partial charge in [-0.25, -0.2) is 0 Å². The lowest BCUT2D eigenvalue weighted by molar-refractivity contribution is 0.176. The molecule has 2 saturated carbocycles. The molecule has 2 fully saturated rings. The van der Waals surface area contributed by atoms with E-state index in [-0.39, 0.29) is 10.8 Å². The van der Waals surface area contributed by atoms with Crippen molar-refractivity contribution in [1.29, 1.82) is 0 Å². The van der Waals surface area contributed by atoms with Crippen molar-refractivity contribution in [3.63, 3.8) is 0 Å². The fourth-order valence-corrected chi connectivity index (χ4v) is 6.34. The van der Waals surface area contributed by atoms with Crippen molar-refractivity contribution in [1.82, 2.24) is 0 Å². The highest BCUT2D eigenvalue weighted by molar-refractivity contribution is 5.33. The largest absolute Gasteiger partial charge is 0.0625 e. The summed E-state index contributed by atoms with van der Waals surface area (Å²) >= 11 is 0. The molecule has 1 aromatic rings. The zero-order valence-corrected chi connectivity index (χ0v) is 18.8. The van der Waals surface area contributed by atoms with E-state index in [2.05, 4.69) is 86.6 Å². The van der Waals surface area contributed by atoms with Crippen molar-refractivity contribution in [3.8, 4) is 0 Å². The second-order valence-corrected chi connectivity index (χ2v) is 12.0. The highest BCUT2D eigenvalue weighted by atomic mass is 14.6. The van der Waals surface area contributed by atoms with Crippen LogP contribution in [0, 0.1) is 40.4 Å². The van der Waals surface area contributed by atoms with Crippen molar-refractivity contribution < 1.29 is 0 Å². The molecule has 5 atom stereocenters. The van der Waals surface area contributed by atoms with Gasteiger partial charge in [-0.3, -0.25) is 0 Å². The van der Waals surface area contributed by atoms with E-state index in [1.807, 2.05) is 0 Å². The van der Waals surface area contributed by atoms with Gasteiger partial charge in [0.05, 0.1) is 0 Å². The van der Waals surface area contributed by atoms with E-state index >= 15 is 0 Å². The van der Waals surface area contributed by atoms with Gasteiger partial charge in [-0.2, -0.15) is 0 Å². The first-order chi connectivity index (χ1) is 11.9. The lowest BCUT2D eigenvalue weighted by Crippen LogP contribution is -2.30. The van der Waals surface area contributed by atoms with Gasteiger partial charge in [-0.15, -0.1) is 0 Å². The van der Waals surface area contributed by atoms with E-state index in [0.29, 0.717) is 5.92 Å². The minimum absolute atomic E-state index is 0.286. The van der Waals surface area contributed by atoms with Crippen LogP contribution in [0.5, 0.6) is 0 Å². The first-order valence-corrected chi connectivity index (χ1v) is 11.0. The SMILES string of the molecule is CC(C)C1CC1C(C)C1CC1c1ccc(C(C(C)(C)C)C(C)(C)C)cc1. The van der Waals surface area contributed by atoms with E-state index in [1.54, 1.807) is 5.56 Å². The van der Waals surface area contributed by atoms with E-state index < -0.39 is 0 Å². The fourth-order valence-electron chi connectivity index (χ4n) is 6.34. The molecular weight excluding hydrogens is 312 g/mol. The average Bonchev–Trinajstić information content (AvgIpc) is 3.37. The molecule has 0 saturated heterocycles. The van der Waals surface area contributed by atoms with Gasteiger partial charge in [0.2, 0.25) is 0 Å². The molecule has 2 aliphatic rings. The Morgan fingerprint density at radius 2 is 1.27 bits per heavy atom. The third-order valence-electron chi connectivity index (χ3n) is 7.37. The third kappa shape index (κ3) is 4.05. The highest BCUT2D eigenvalue weighted by Gasteiger charge is 2.51. The van der Waals surface area contributed by atoms with Crippen molar-refractivity contribution in [3.05, 3.63) is 35.4 Å². The van der Waals surface area contributed by atoms with Gasteiger partial charge in [-0.05, 0) is 76.2 Å². The van der Waals surface area contributed by atoms with Gasteiger partial charge >= 0.3 is 0 Å². The first kappa shape index (κ1) is 20.0. The summed E-state index contributed by atoms with van der Waals surface area (Å²) < 4.78 is 0. The van der Waals surface area contributed by atoms with Crippen molar-refractivity contribution in [2.75, 3.05) is 0 Å². The monoisotopic (exact) mass is 354 g/mol. The van der Waals surface area contributed by atoms with Crippen molar-refractivity contribution in [2.24, 2.45) is 40.4 Å². The zero-order valence-electron chi connectivity index (χ0n) is 18.8. The number of benzene rings is 1. The second kappa shape index (κ2) is 6.68. The molecule has 0 aliphatic heterocycles. The maximum absolute atomic E-state index is 2.53. The fraction of sp³-hybridized carbons (Fsp3) is 0.769. The number of rotatable bonds is 5. The topological polar surface area (TPSA) is 0 Å². The van der Waals surface area contributed by atoms with Gasteiger partial charge in [-0.1, -0.05) is 86.6 Å². The summed E-state index contributed by atoms with van der Waals surface area (Å²) in [7, 11) is 0. The Hall–Kier alpha value is -0.780. The van der Waals surface area contributed by atoms with Gasteiger partial charge in [0, 0.05) is 0 Å². The van der Waals surface area contributed by atoms with E-state index in [9.17, 15) is 0 Å². The molecule has 0 radical (unpaired) electrons. The van der Waals surface area contributed by atoms with Crippen LogP contribution in [0.2, 0.25) is 0 Å². The average molecular weight is 355 g/mol. The molecule has 0 heteroatoms. The summed E-state index contributed by atoms with van der Waals surface area (Å²) in [6.07, 6.45) is 2.91. The maximum Gasteiger partial charge on any atom is -0.00646 e. The quantitative estimate of drug-likeness (QED) is 0.504. The van der Waals surface area contributed by atoms with Gasteiger partial charge in [0.25, 0.3) is 0 Å². The van der Waals surface area contributed by atoms with Crippen LogP contribution in [0.3, 0.4) is 0 Å². The molecule has 0 bridgehead atoms. The summed E-state index contributed by atoms with van der Waals surface area (Å²) in [5.74, 6) is 6.17. The van der Waals surface area contributed by atoms with Crippen molar-refractivity contribution in [2.45, 2.75) is 87.0 Å². The van der Waals surface area contributed by atoms with Gasteiger partial charge in [0.15, 0.2) is 0 Å². The summed E-state index contributed by atoms with van der Waals surface area (Å²) in [4.78, 5) is 0. The van der Waals surface area contributed by atoms with E-state index in [0.717, 1.165) is 35.5 Å². The maximum atomic E-state index is 2.53. The zero-order chi connectivity index (χ0) is 19.4. The number of hydrogen-bond acceptors (Lipinski definition) is 0. The Morgan fingerprint density at radius 1 is 0.731 bits per heavy atom. The standard InChI is InChI=1S/C26H42/c1-16(2)20-14-21(20)17(3)22-15-23(22)18-10-12-19(13-11-18)24(25(4,5)6)26(7,8)9/h10-13,16-17,20-24H,14-15H2,1-9H3. The van der Waals surface area contributed by atoms with Crippen LogP contribution in [0.25, 0.3) is 0 Å². The normalized spacial score (nSPS) is 30.0. The molecule has 26 heavy (non-hydrogen) atoms. The highest BCUT2D eigenvalue weighted by Crippen LogP contribution is 2.60. The molecule has 5 unspecified atom stereocenters. The predicted molar refractivity (Wildman–Crippen MR) is 115 cm³/mol. The van der Waals surface area contributed by atoms with Crippen LogP contribution < -0.4 is 0 Å². The molecule has 0 amide bonds. The Bertz CT molecular complexity index is 593. The summed E-state index contributed by atoms with van der Waals surface area (Å²) in [6, 6.07) is 9.77. The summed E-state index contributed by atoms with van der Waals surface area (Å²) in [5, 5.41) is 0. The third-order valence-corrected chi connectivity index (χ3v) is 7.37. The predicted octanol–water partition coefficient (Wildman–Crippen LogP) is 7.89. The van der Waals surface area contributed by atoms with Crippen LogP contribution in [-0.4, -0.2) is 0 Å². The molecule has 0 spiro atoms. The molecule has 0 heterocycles. The van der Waals surface area contributed by atoms with Gasteiger partial charge in [0.1, 0.15) is 0 Å². The molecule has 146 valence electrons. The Labute approximate surface area is 163 Å². The van der Waals surface area contributed by atoms with Crippen LogP contribution in [0.1, 0.15) is 98.1 Å². The number of hydrogen-bond donors (Lipinski definition) is 0. The summed E-state index contributed by atoms with van der Waals surface area (Å²) in [5.41, 5.74) is 3.68. The van der Waals surface area contributed by atoms with E-state index in [1.165, 1.54) is 18.4 Å². The Morgan fingerprint density at radius 3 is 1.69 bits per heavy atom. The van der Waals surface area contributed by atoms with Crippen LogP contribution in [0.15, 0.2) is 24.3 Å². The second-order valence-electron chi connectivity index (χ2n) is 12.0. The van der Waals surface area contributed by atoms with Crippen LogP contribution in [-0.2, 0) is 0 Å². The Balaban J connectivity index is 1.68. The molecular formula is C26H42. The lowest BCUT2D eigenvalue weighted by Gasteiger charge is -2.41. The van der Waals surface area contributed by atoms with E-state index in [4.69, 9.17) is 0 Å². The molecule has 2 aliphatic carbocycles. The molecule has 1 aromatic carbocycles. The van der Waals surface area contributed by atoms with Crippen LogP contribution >= 0.6 is 0 Å². The molecule has 3 rings (SSSR count). The first-order valence-electron chi connectivity index (χ1n) is 11.0. The lowest BCUT2D eigenvalue weighted by atomic mass is 9.63.